The first kappa shape index (κ1) is 16.4. The van der Waals surface area contributed by atoms with E-state index in [4.69, 9.17) is 4.74 Å². The summed E-state index contributed by atoms with van der Waals surface area (Å²) in [5, 5.41) is 2.10. The Morgan fingerprint density at radius 1 is 1.40 bits per heavy atom. The van der Waals surface area contributed by atoms with Crippen molar-refractivity contribution in [2.24, 2.45) is 0 Å². The predicted octanol–water partition coefficient (Wildman–Crippen LogP) is 2.89. The van der Waals surface area contributed by atoms with Gasteiger partial charge in [0.2, 0.25) is 0 Å². The molecule has 112 valence electrons. The zero-order chi connectivity index (χ0) is 15.3. The van der Waals surface area contributed by atoms with Crippen LogP contribution < -0.4 is 5.32 Å². The molecular weight excluding hydrogens is 278 g/mol. The number of benzene rings is 1. The molecule has 0 fully saturated rings. The number of rotatable bonds is 5. The van der Waals surface area contributed by atoms with Gasteiger partial charge in [0.15, 0.2) is 0 Å². The van der Waals surface area contributed by atoms with E-state index in [0.717, 1.165) is 12.1 Å². The van der Waals surface area contributed by atoms with Gasteiger partial charge in [0, 0.05) is 0 Å². The van der Waals surface area contributed by atoms with Gasteiger partial charge in [-0.2, -0.15) is 13.2 Å². The van der Waals surface area contributed by atoms with Crippen LogP contribution in [-0.4, -0.2) is 25.3 Å². The second kappa shape index (κ2) is 6.69. The van der Waals surface area contributed by atoms with Crippen molar-refractivity contribution in [3.05, 3.63) is 35.1 Å². The third-order valence-electron chi connectivity index (χ3n) is 2.57. The van der Waals surface area contributed by atoms with Crippen LogP contribution in [0.25, 0.3) is 0 Å². The Hall–Kier alpha value is -1.63. The van der Waals surface area contributed by atoms with E-state index in [1.54, 1.807) is 6.92 Å². The van der Waals surface area contributed by atoms with Gasteiger partial charge in [-0.3, -0.25) is 5.32 Å². The highest BCUT2D eigenvalue weighted by Crippen LogP contribution is 2.22. The number of ether oxygens (including phenoxy) is 1. The van der Waals surface area contributed by atoms with Gasteiger partial charge in [0.25, 0.3) is 0 Å². The molecule has 1 aromatic carbocycles. The highest BCUT2D eigenvalue weighted by atomic mass is 19.4. The van der Waals surface area contributed by atoms with Crippen LogP contribution in [0, 0.1) is 12.7 Å². The van der Waals surface area contributed by atoms with Crippen molar-refractivity contribution in [2.45, 2.75) is 26.1 Å². The fraction of sp³-hybridized carbons (Fsp3) is 0.462. The average Bonchev–Trinajstić information content (AvgIpc) is 2.30. The molecule has 0 bridgehead atoms. The summed E-state index contributed by atoms with van der Waals surface area (Å²) in [5.74, 6) is -1.35. The molecule has 0 amide bonds. The van der Waals surface area contributed by atoms with Crippen LogP contribution in [-0.2, 0) is 9.53 Å². The van der Waals surface area contributed by atoms with Crippen LogP contribution in [0.4, 0.5) is 17.6 Å². The summed E-state index contributed by atoms with van der Waals surface area (Å²) in [7, 11) is 0. The fourth-order valence-corrected chi connectivity index (χ4v) is 1.73. The normalized spacial score (nSPS) is 13.1. The van der Waals surface area contributed by atoms with Gasteiger partial charge in [-0.1, -0.05) is 6.07 Å². The Balaban J connectivity index is 3.00. The molecule has 20 heavy (non-hydrogen) atoms. The minimum atomic E-state index is -4.46. The number of alkyl halides is 3. The van der Waals surface area contributed by atoms with E-state index in [-0.39, 0.29) is 12.2 Å². The Bertz CT molecular complexity index is 474. The molecule has 0 aliphatic carbocycles. The molecule has 1 atom stereocenters. The van der Waals surface area contributed by atoms with E-state index >= 15 is 0 Å². The highest BCUT2D eigenvalue weighted by molar-refractivity contribution is 5.78. The summed E-state index contributed by atoms with van der Waals surface area (Å²) >= 11 is 0. The predicted molar refractivity (Wildman–Crippen MR) is 64.6 cm³/mol. The van der Waals surface area contributed by atoms with E-state index < -0.39 is 30.5 Å². The van der Waals surface area contributed by atoms with Crippen molar-refractivity contribution in [1.82, 2.24) is 5.32 Å². The number of carbonyl (C=O) groups is 1. The summed E-state index contributed by atoms with van der Waals surface area (Å²) in [6.45, 7) is 1.77. The lowest BCUT2D eigenvalue weighted by Gasteiger charge is -2.20. The molecule has 0 saturated heterocycles. The maximum Gasteiger partial charge on any atom is 0.401 e. The smallest absolute Gasteiger partial charge is 0.401 e. The Kier molecular flexibility index (Phi) is 5.50. The van der Waals surface area contributed by atoms with Crippen LogP contribution in [0.3, 0.4) is 0 Å². The van der Waals surface area contributed by atoms with Crippen molar-refractivity contribution < 1.29 is 27.1 Å². The first-order valence-corrected chi connectivity index (χ1v) is 5.97. The average molecular weight is 293 g/mol. The van der Waals surface area contributed by atoms with Gasteiger partial charge in [-0.05, 0) is 37.1 Å². The number of halogens is 4. The SMILES string of the molecule is CCOC(=O)C(NCC(F)(F)F)c1ccc(F)cc1C. The number of esters is 1. The largest absolute Gasteiger partial charge is 0.465 e. The molecule has 0 heterocycles. The van der Waals surface area contributed by atoms with Gasteiger partial charge < -0.3 is 4.74 Å². The molecule has 0 aliphatic heterocycles. The number of nitrogens with one attached hydrogen (secondary N) is 1. The molecule has 1 aromatic rings. The van der Waals surface area contributed by atoms with E-state index in [2.05, 4.69) is 5.32 Å². The van der Waals surface area contributed by atoms with Gasteiger partial charge >= 0.3 is 12.1 Å². The molecule has 0 aromatic heterocycles. The van der Waals surface area contributed by atoms with Crippen LogP contribution >= 0.6 is 0 Å². The van der Waals surface area contributed by atoms with Crippen molar-refractivity contribution in [3.63, 3.8) is 0 Å². The quantitative estimate of drug-likeness (QED) is 0.670. The van der Waals surface area contributed by atoms with E-state index in [1.807, 2.05) is 0 Å². The topological polar surface area (TPSA) is 38.3 Å². The van der Waals surface area contributed by atoms with Crippen LogP contribution in [0.2, 0.25) is 0 Å². The molecule has 0 aliphatic rings. The Labute approximate surface area is 113 Å². The van der Waals surface area contributed by atoms with Crippen molar-refractivity contribution >= 4 is 5.97 Å². The molecule has 0 saturated carbocycles. The van der Waals surface area contributed by atoms with Crippen molar-refractivity contribution in [1.29, 1.82) is 0 Å². The summed E-state index contributed by atoms with van der Waals surface area (Å²) in [4.78, 5) is 11.8. The second-order valence-electron chi connectivity index (χ2n) is 4.18. The monoisotopic (exact) mass is 293 g/mol. The number of carbonyl (C=O) groups excluding carboxylic acids is 1. The molecule has 7 heteroatoms. The minimum absolute atomic E-state index is 0.0449. The fourth-order valence-electron chi connectivity index (χ4n) is 1.73. The summed E-state index contributed by atoms with van der Waals surface area (Å²) < 4.78 is 54.6. The summed E-state index contributed by atoms with van der Waals surface area (Å²) in [5.41, 5.74) is 0.631. The van der Waals surface area contributed by atoms with Gasteiger partial charge in [0.1, 0.15) is 11.9 Å². The first-order chi connectivity index (χ1) is 9.24. The maximum atomic E-state index is 13.0. The van der Waals surface area contributed by atoms with Gasteiger partial charge in [-0.15, -0.1) is 0 Å². The molecule has 1 N–H and O–H groups in total. The summed E-state index contributed by atoms with van der Waals surface area (Å²) in [6, 6.07) is 2.23. The molecule has 0 radical (unpaired) electrons. The number of aryl methyl sites for hydroxylation is 1. The van der Waals surface area contributed by atoms with E-state index in [9.17, 15) is 22.4 Å². The van der Waals surface area contributed by atoms with E-state index in [1.165, 1.54) is 13.0 Å². The number of hydrogen-bond donors (Lipinski definition) is 1. The zero-order valence-electron chi connectivity index (χ0n) is 11.1. The lowest BCUT2D eigenvalue weighted by molar-refractivity contribution is -0.149. The molecule has 1 unspecified atom stereocenters. The minimum Gasteiger partial charge on any atom is -0.465 e. The molecule has 3 nitrogen and oxygen atoms in total. The van der Waals surface area contributed by atoms with Crippen molar-refractivity contribution in [3.8, 4) is 0 Å². The second-order valence-corrected chi connectivity index (χ2v) is 4.18. The molecular formula is C13H15F4NO2. The zero-order valence-corrected chi connectivity index (χ0v) is 11.1. The standard InChI is InChI=1S/C13H15F4NO2/c1-3-20-12(19)11(18-7-13(15,16)17)10-5-4-9(14)6-8(10)2/h4-6,11,18H,3,7H2,1-2H3. The third kappa shape index (κ3) is 4.80. The van der Waals surface area contributed by atoms with E-state index in [0.29, 0.717) is 5.56 Å². The number of hydrogen-bond acceptors (Lipinski definition) is 3. The first-order valence-electron chi connectivity index (χ1n) is 5.97. The van der Waals surface area contributed by atoms with Crippen LogP contribution in [0.1, 0.15) is 24.1 Å². The molecule has 0 spiro atoms. The molecule has 1 rings (SSSR count). The third-order valence-corrected chi connectivity index (χ3v) is 2.57. The Morgan fingerprint density at radius 2 is 2.05 bits per heavy atom. The maximum absolute atomic E-state index is 13.0. The highest BCUT2D eigenvalue weighted by Gasteiger charge is 2.32. The van der Waals surface area contributed by atoms with Gasteiger partial charge in [-0.25, -0.2) is 9.18 Å². The summed E-state index contributed by atoms with van der Waals surface area (Å²) in [6.07, 6.45) is -4.46. The van der Waals surface area contributed by atoms with Crippen LogP contribution in [0.5, 0.6) is 0 Å². The van der Waals surface area contributed by atoms with Gasteiger partial charge in [0.05, 0.1) is 13.2 Å². The van der Waals surface area contributed by atoms with Crippen molar-refractivity contribution in [2.75, 3.05) is 13.2 Å². The lowest BCUT2D eigenvalue weighted by atomic mass is 10.0. The Morgan fingerprint density at radius 3 is 2.55 bits per heavy atom. The lowest BCUT2D eigenvalue weighted by Crippen LogP contribution is -2.37. The van der Waals surface area contributed by atoms with Crippen LogP contribution in [0.15, 0.2) is 18.2 Å².